The molecule has 1 atom stereocenters. The molecule has 0 amide bonds. The second-order valence-electron chi connectivity index (χ2n) is 5.04. The predicted molar refractivity (Wildman–Crippen MR) is 72.0 cm³/mol. The number of hydrogen-bond acceptors (Lipinski definition) is 3. The van der Waals surface area contributed by atoms with Crippen molar-refractivity contribution in [3.8, 4) is 0 Å². The van der Waals surface area contributed by atoms with Crippen molar-refractivity contribution < 1.29 is 0 Å². The highest BCUT2D eigenvalue weighted by Crippen LogP contribution is 2.24. The number of hydrogen-bond donors (Lipinski definition) is 2. The Morgan fingerprint density at radius 1 is 1.12 bits per heavy atom. The topological polar surface area (TPSA) is 41.3 Å². The zero-order valence-electron chi connectivity index (χ0n) is 11.1. The van der Waals surface area contributed by atoms with E-state index in [4.69, 9.17) is 5.73 Å². The second kappa shape index (κ2) is 5.17. The van der Waals surface area contributed by atoms with Crippen LogP contribution in [-0.2, 0) is 0 Å². The van der Waals surface area contributed by atoms with E-state index in [2.05, 4.69) is 43.1 Å². The molecule has 2 rings (SSSR count). The fourth-order valence-corrected chi connectivity index (χ4v) is 2.80. The molecule has 1 heterocycles. The van der Waals surface area contributed by atoms with Crippen molar-refractivity contribution in [2.24, 2.45) is 5.73 Å². The third-order valence-electron chi connectivity index (χ3n) is 3.58. The van der Waals surface area contributed by atoms with Crippen LogP contribution in [0.25, 0.3) is 0 Å². The summed E-state index contributed by atoms with van der Waals surface area (Å²) in [5.41, 5.74) is 11.7. The minimum absolute atomic E-state index is 0.0395. The fourth-order valence-electron chi connectivity index (χ4n) is 2.80. The molecule has 1 fully saturated rings. The van der Waals surface area contributed by atoms with Gasteiger partial charge in [-0.25, -0.2) is 0 Å². The first-order chi connectivity index (χ1) is 8.09. The van der Waals surface area contributed by atoms with E-state index in [1.54, 1.807) is 0 Å². The van der Waals surface area contributed by atoms with Crippen LogP contribution >= 0.6 is 0 Å². The van der Waals surface area contributed by atoms with E-state index >= 15 is 0 Å². The Labute approximate surface area is 104 Å². The van der Waals surface area contributed by atoms with Crippen LogP contribution in [0.15, 0.2) is 12.1 Å². The van der Waals surface area contributed by atoms with Crippen LogP contribution in [0.5, 0.6) is 0 Å². The monoisotopic (exact) mass is 233 g/mol. The van der Waals surface area contributed by atoms with Gasteiger partial charge in [-0.1, -0.05) is 17.7 Å². The van der Waals surface area contributed by atoms with Crippen LogP contribution < -0.4 is 11.1 Å². The van der Waals surface area contributed by atoms with Crippen molar-refractivity contribution in [1.29, 1.82) is 0 Å². The van der Waals surface area contributed by atoms with Gasteiger partial charge in [-0.15, -0.1) is 0 Å². The van der Waals surface area contributed by atoms with Crippen LogP contribution in [0.3, 0.4) is 0 Å². The number of benzene rings is 1. The largest absolute Gasteiger partial charge is 0.314 e. The van der Waals surface area contributed by atoms with Crippen LogP contribution in [0.2, 0.25) is 0 Å². The van der Waals surface area contributed by atoms with E-state index in [1.807, 2.05) is 0 Å². The lowest BCUT2D eigenvalue weighted by molar-refractivity contribution is 0.176. The Morgan fingerprint density at radius 2 is 1.65 bits per heavy atom. The van der Waals surface area contributed by atoms with Gasteiger partial charge in [0, 0.05) is 26.2 Å². The molecule has 94 valence electrons. The van der Waals surface area contributed by atoms with E-state index in [1.165, 1.54) is 22.3 Å². The molecule has 3 nitrogen and oxygen atoms in total. The molecule has 1 saturated heterocycles. The molecule has 0 saturated carbocycles. The summed E-state index contributed by atoms with van der Waals surface area (Å²) in [5, 5.41) is 3.36. The zero-order valence-corrected chi connectivity index (χ0v) is 11.1. The Hall–Kier alpha value is -0.900. The number of nitrogens with two attached hydrogens (primary N) is 1. The number of rotatable bonds is 2. The molecule has 1 unspecified atom stereocenters. The van der Waals surface area contributed by atoms with Crippen molar-refractivity contribution >= 4 is 0 Å². The molecule has 0 bridgehead atoms. The van der Waals surface area contributed by atoms with Crippen molar-refractivity contribution in [3.05, 3.63) is 34.4 Å². The van der Waals surface area contributed by atoms with Crippen molar-refractivity contribution in [2.45, 2.75) is 26.9 Å². The molecule has 0 spiro atoms. The summed E-state index contributed by atoms with van der Waals surface area (Å²) in [5.74, 6) is 0. The van der Waals surface area contributed by atoms with Crippen LogP contribution in [0, 0.1) is 20.8 Å². The van der Waals surface area contributed by atoms with Crippen LogP contribution in [-0.4, -0.2) is 31.1 Å². The highest BCUT2D eigenvalue weighted by atomic mass is 15.3. The van der Waals surface area contributed by atoms with Crippen molar-refractivity contribution in [1.82, 2.24) is 10.2 Å². The molecule has 17 heavy (non-hydrogen) atoms. The quantitative estimate of drug-likeness (QED) is 0.813. The van der Waals surface area contributed by atoms with E-state index in [9.17, 15) is 0 Å². The summed E-state index contributed by atoms with van der Waals surface area (Å²) >= 11 is 0. The smallest absolute Gasteiger partial charge is 0.0841 e. The van der Waals surface area contributed by atoms with E-state index in [-0.39, 0.29) is 6.17 Å². The third-order valence-corrected chi connectivity index (χ3v) is 3.58. The Kier molecular flexibility index (Phi) is 3.82. The van der Waals surface area contributed by atoms with Crippen LogP contribution in [0.1, 0.15) is 28.4 Å². The van der Waals surface area contributed by atoms with Gasteiger partial charge in [-0.2, -0.15) is 0 Å². The van der Waals surface area contributed by atoms with Gasteiger partial charge in [-0.05, 0) is 37.5 Å². The summed E-state index contributed by atoms with van der Waals surface area (Å²) in [6, 6.07) is 4.45. The Balaban J connectivity index is 2.26. The summed E-state index contributed by atoms with van der Waals surface area (Å²) in [4.78, 5) is 2.36. The average Bonchev–Trinajstić information content (AvgIpc) is 2.28. The lowest BCUT2D eigenvalue weighted by Gasteiger charge is -2.34. The van der Waals surface area contributed by atoms with Gasteiger partial charge < -0.3 is 11.1 Å². The summed E-state index contributed by atoms with van der Waals surface area (Å²) in [6.45, 7) is 10.6. The highest BCUT2D eigenvalue weighted by Gasteiger charge is 2.21. The van der Waals surface area contributed by atoms with Gasteiger partial charge in [0.05, 0.1) is 6.17 Å². The minimum Gasteiger partial charge on any atom is -0.314 e. The molecule has 0 aromatic heterocycles. The first kappa shape index (κ1) is 12.6. The zero-order chi connectivity index (χ0) is 12.4. The van der Waals surface area contributed by atoms with E-state index < -0.39 is 0 Å². The third kappa shape index (κ3) is 2.68. The maximum Gasteiger partial charge on any atom is 0.0841 e. The first-order valence-corrected chi connectivity index (χ1v) is 6.37. The molecular weight excluding hydrogens is 210 g/mol. The second-order valence-corrected chi connectivity index (χ2v) is 5.04. The van der Waals surface area contributed by atoms with Gasteiger partial charge >= 0.3 is 0 Å². The fraction of sp³-hybridized carbons (Fsp3) is 0.571. The minimum atomic E-state index is 0.0395. The number of piperazine rings is 1. The van der Waals surface area contributed by atoms with Gasteiger partial charge in [0.2, 0.25) is 0 Å². The first-order valence-electron chi connectivity index (χ1n) is 6.37. The number of nitrogens with zero attached hydrogens (tertiary/aromatic N) is 1. The van der Waals surface area contributed by atoms with Gasteiger partial charge in [0.15, 0.2) is 0 Å². The maximum atomic E-state index is 6.42. The molecule has 3 heteroatoms. The predicted octanol–water partition coefficient (Wildman–Crippen LogP) is 1.47. The molecule has 1 aliphatic heterocycles. The molecule has 1 aliphatic rings. The average molecular weight is 233 g/mol. The highest BCUT2D eigenvalue weighted by molar-refractivity contribution is 5.39. The molecular formula is C14H23N3. The Bertz CT molecular complexity index is 371. The Morgan fingerprint density at radius 3 is 2.18 bits per heavy atom. The van der Waals surface area contributed by atoms with Crippen molar-refractivity contribution in [2.75, 3.05) is 26.2 Å². The van der Waals surface area contributed by atoms with Crippen LogP contribution in [0.4, 0.5) is 0 Å². The standard InChI is InChI=1S/C14H23N3/c1-10-8-11(2)13(12(3)9-10)14(15)17-6-4-16-5-7-17/h8-9,14,16H,4-7,15H2,1-3H3. The van der Waals surface area contributed by atoms with Crippen molar-refractivity contribution in [3.63, 3.8) is 0 Å². The number of nitrogens with one attached hydrogen (secondary N) is 1. The van der Waals surface area contributed by atoms with Gasteiger partial charge in [-0.3, -0.25) is 4.90 Å². The lowest BCUT2D eigenvalue weighted by Crippen LogP contribution is -2.47. The maximum absolute atomic E-state index is 6.42. The lowest BCUT2D eigenvalue weighted by atomic mass is 9.97. The molecule has 1 aromatic carbocycles. The molecule has 0 aliphatic carbocycles. The normalized spacial score (nSPS) is 19.3. The molecule has 1 aromatic rings. The van der Waals surface area contributed by atoms with E-state index in [0.717, 1.165) is 26.2 Å². The van der Waals surface area contributed by atoms with E-state index in [0.29, 0.717) is 0 Å². The summed E-state index contributed by atoms with van der Waals surface area (Å²) in [7, 11) is 0. The number of aryl methyl sites for hydroxylation is 3. The molecule has 0 radical (unpaired) electrons. The SMILES string of the molecule is Cc1cc(C)c(C(N)N2CCNCC2)c(C)c1. The van der Waals surface area contributed by atoms with Gasteiger partial charge in [0.25, 0.3) is 0 Å². The summed E-state index contributed by atoms with van der Waals surface area (Å²) < 4.78 is 0. The van der Waals surface area contributed by atoms with Gasteiger partial charge in [0.1, 0.15) is 0 Å². The summed E-state index contributed by atoms with van der Waals surface area (Å²) in [6.07, 6.45) is 0.0395. The molecule has 3 N–H and O–H groups in total.